The summed E-state index contributed by atoms with van der Waals surface area (Å²) in [7, 11) is 0. The molecule has 0 saturated carbocycles. The smallest absolute Gasteiger partial charge is 0.198 e. The largest absolute Gasteiger partial charge is 0.302 e. The minimum atomic E-state index is -1.78. The summed E-state index contributed by atoms with van der Waals surface area (Å²) in [5, 5.41) is 0. The van der Waals surface area contributed by atoms with E-state index in [1.165, 1.54) is 0 Å². The molecule has 0 saturated heterocycles. The number of hydrogen-bond donors (Lipinski definition) is 0. The summed E-state index contributed by atoms with van der Waals surface area (Å²) in [4.78, 5) is 0. The Labute approximate surface area is 76.3 Å². The van der Waals surface area contributed by atoms with E-state index >= 15 is 0 Å². The molecule has 1 nitrogen and oxygen atoms in total. The van der Waals surface area contributed by atoms with Crippen LogP contribution in [0.4, 0.5) is 0 Å². The maximum atomic E-state index is 11.0. The average Bonchev–Trinajstić information content (AvgIpc) is 1.21. The van der Waals surface area contributed by atoms with E-state index in [-0.39, 0.29) is 0 Å². The first-order valence-corrected chi connectivity index (χ1v) is 9.86. The lowest BCUT2D eigenvalue weighted by Gasteiger charge is -2.03. The molecular weight excluding hydrogens is 349 g/mol. The lowest BCUT2D eigenvalue weighted by atomic mass is 10.3. The van der Waals surface area contributed by atoms with Gasteiger partial charge in [-0.25, -0.2) is 0 Å². The van der Waals surface area contributed by atoms with Crippen molar-refractivity contribution in [2.45, 2.75) is 13.8 Å². The fraction of sp³-hybridized carbons (Fsp3) is 1.00. The lowest BCUT2D eigenvalue weighted by Crippen LogP contribution is -1.89. The summed E-state index contributed by atoms with van der Waals surface area (Å²) >= 11 is 4.07. The third kappa shape index (κ3) is 7.69. The van der Waals surface area contributed by atoms with Crippen LogP contribution in [0, 0.1) is 5.92 Å². The highest BCUT2D eigenvalue weighted by atomic mass is 127. The molecule has 0 fully saturated rings. The van der Waals surface area contributed by atoms with Crippen molar-refractivity contribution in [2.75, 3.05) is 6.16 Å². The van der Waals surface area contributed by atoms with E-state index < -0.39 is 2.43 Å². The van der Waals surface area contributed by atoms with E-state index in [0.717, 1.165) is 6.16 Å². The molecule has 0 N–H and O–H groups in total. The fourth-order valence-corrected chi connectivity index (χ4v) is 6.00. The van der Waals surface area contributed by atoms with E-state index in [1.54, 1.807) is 0 Å². The molecule has 0 unspecified atom stereocenters. The molecule has 0 spiro atoms. The highest BCUT2D eigenvalue weighted by Crippen LogP contribution is 2.63. The van der Waals surface area contributed by atoms with Crippen LogP contribution < -0.4 is 0 Å². The molecule has 0 amide bonds. The van der Waals surface area contributed by atoms with Crippen molar-refractivity contribution < 1.29 is 4.57 Å². The molecular formula is C4H9I2OP. The van der Waals surface area contributed by atoms with Gasteiger partial charge in [0, 0.05) is 50.2 Å². The first kappa shape index (κ1) is 9.69. The van der Waals surface area contributed by atoms with E-state index in [4.69, 9.17) is 0 Å². The third-order valence-corrected chi connectivity index (χ3v) is 4.10. The molecule has 0 aromatic carbocycles. The minimum Gasteiger partial charge on any atom is -0.302 e. The maximum absolute atomic E-state index is 11.0. The van der Waals surface area contributed by atoms with Crippen molar-refractivity contribution in [1.29, 1.82) is 0 Å². The topological polar surface area (TPSA) is 17.1 Å². The van der Waals surface area contributed by atoms with E-state index in [2.05, 4.69) is 13.8 Å². The van der Waals surface area contributed by atoms with E-state index in [0.29, 0.717) is 5.92 Å². The quantitative estimate of drug-likeness (QED) is 0.544. The number of hydrogen-bond acceptors (Lipinski definition) is 1. The first-order valence-electron chi connectivity index (χ1n) is 2.40. The van der Waals surface area contributed by atoms with Crippen LogP contribution in [-0.4, -0.2) is 6.16 Å². The van der Waals surface area contributed by atoms with Crippen LogP contribution in [-0.2, 0) is 4.57 Å². The Bertz CT molecular complexity index is 107. The zero-order valence-corrected chi connectivity index (χ0v) is 10.1. The van der Waals surface area contributed by atoms with Gasteiger partial charge in [-0.15, -0.1) is 0 Å². The zero-order valence-electron chi connectivity index (χ0n) is 4.90. The predicted octanol–water partition coefficient (Wildman–Crippen LogP) is 3.71. The van der Waals surface area contributed by atoms with Crippen molar-refractivity contribution in [3.8, 4) is 0 Å². The van der Waals surface area contributed by atoms with Gasteiger partial charge in [0.15, 0.2) is 2.43 Å². The van der Waals surface area contributed by atoms with Crippen molar-refractivity contribution in [1.82, 2.24) is 0 Å². The Hall–Kier alpha value is 1.69. The van der Waals surface area contributed by atoms with Gasteiger partial charge in [0.1, 0.15) is 0 Å². The molecule has 0 heterocycles. The molecule has 0 rings (SSSR count). The second-order valence-electron chi connectivity index (χ2n) is 2.15. The van der Waals surface area contributed by atoms with E-state index in [1.807, 2.05) is 44.1 Å². The van der Waals surface area contributed by atoms with Gasteiger partial charge in [0.2, 0.25) is 0 Å². The van der Waals surface area contributed by atoms with Crippen LogP contribution in [0.25, 0.3) is 0 Å². The monoisotopic (exact) mass is 358 g/mol. The summed E-state index contributed by atoms with van der Waals surface area (Å²) in [6.45, 7) is 4.17. The number of rotatable bonds is 2. The molecule has 0 aliphatic heterocycles. The van der Waals surface area contributed by atoms with Crippen LogP contribution in [0.5, 0.6) is 0 Å². The fourth-order valence-electron chi connectivity index (χ4n) is 0.425. The highest BCUT2D eigenvalue weighted by molar-refractivity contribution is 14.3. The summed E-state index contributed by atoms with van der Waals surface area (Å²) < 4.78 is 9.22. The summed E-state index contributed by atoms with van der Waals surface area (Å²) in [6.07, 6.45) is 0.855. The van der Waals surface area contributed by atoms with Crippen LogP contribution in [0.1, 0.15) is 13.8 Å². The Balaban J connectivity index is 3.56. The Kier molecular flexibility index (Phi) is 4.55. The maximum Gasteiger partial charge on any atom is 0.198 e. The summed E-state index contributed by atoms with van der Waals surface area (Å²) in [6, 6.07) is 0. The molecule has 0 bridgehead atoms. The van der Waals surface area contributed by atoms with Gasteiger partial charge in [-0.3, -0.25) is 0 Å². The summed E-state index contributed by atoms with van der Waals surface area (Å²) in [5.41, 5.74) is 0. The molecule has 4 heteroatoms. The molecule has 0 aliphatic carbocycles. The van der Waals surface area contributed by atoms with Gasteiger partial charge in [0.05, 0.1) is 0 Å². The van der Waals surface area contributed by atoms with Gasteiger partial charge < -0.3 is 4.57 Å². The van der Waals surface area contributed by atoms with Gasteiger partial charge in [-0.1, -0.05) is 13.8 Å². The van der Waals surface area contributed by atoms with Crippen LogP contribution >= 0.6 is 46.5 Å². The molecule has 0 aliphatic rings. The third-order valence-electron chi connectivity index (χ3n) is 0.578. The zero-order chi connectivity index (χ0) is 6.78. The predicted molar refractivity (Wildman–Crippen MR) is 55.4 cm³/mol. The molecule has 8 heavy (non-hydrogen) atoms. The van der Waals surface area contributed by atoms with E-state index in [9.17, 15) is 4.57 Å². The van der Waals surface area contributed by atoms with Gasteiger partial charge >= 0.3 is 0 Å². The highest BCUT2D eigenvalue weighted by Gasteiger charge is 2.12. The molecule has 0 radical (unpaired) electrons. The normalized spacial score (nSPS) is 12.6. The second-order valence-corrected chi connectivity index (χ2v) is 18.5. The molecule has 50 valence electrons. The molecule has 0 aromatic heterocycles. The van der Waals surface area contributed by atoms with Crippen LogP contribution in [0.3, 0.4) is 0 Å². The lowest BCUT2D eigenvalue weighted by molar-refractivity contribution is 0.589. The molecule has 0 atom stereocenters. The van der Waals surface area contributed by atoms with Gasteiger partial charge in [-0.2, -0.15) is 0 Å². The summed E-state index contributed by atoms with van der Waals surface area (Å²) in [5.74, 6) is 0.564. The SMILES string of the molecule is CC(C)CP(=O)(I)I. The van der Waals surface area contributed by atoms with Crippen LogP contribution in [0.15, 0.2) is 0 Å². The standard InChI is InChI=1S/C4H9I2OP/c1-4(2)3-8(5,6)7/h4H,3H2,1-2H3. The minimum absolute atomic E-state index is 0.564. The Morgan fingerprint density at radius 3 is 1.88 bits per heavy atom. The van der Waals surface area contributed by atoms with Crippen molar-refractivity contribution in [2.24, 2.45) is 5.92 Å². The average molecular weight is 358 g/mol. The van der Waals surface area contributed by atoms with Crippen molar-refractivity contribution in [3.05, 3.63) is 0 Å². The van der Waals surface area contributed by atoms with Crippen molar-refractivity contribution in [3.63, 3.8) is 0 Å². The Morgan fingerprint density at radius 1 is 1.50 bits per heavy atom. The van der Waals surface area contributed by atoms with Gasteiger partial charge in [0.25, 0.3) is 0 Å². The Morgan fingerprint density at radius 2 is 1.88 bits per heavy atom. The second kappa shape index (κ2) is 3.76. The van der Waals surface area contributed by atoms with Gasteiger partial charge in [-0.05, 0) is 5.92 Å². The molecule has 0 aromatic rings. The number of halogens is 2. The van der Waals surface area contributed by atoms with Crippen LogP contribution in [0.2, 0.25) is 0 Å². The van der Waals surface area contributed by atoms with Crippen molar-refractivity contribution >= 4 is 46.5 Å². The first-order chi connectivity index (χ1) is 3.42.